The largest absolute Gasteiger partial charge is 0.489 e. The van der Waals surface area contributed by atoms with Gasteiger partial charge in [0.2, 0.25) is 15.9 Å². The second-order valence-electron chi connectivity index (χ2n) is 8.45. The molecule has 0 aliphatic carbocycles. The molecular weight excluding hydrogens is 442 g/mol. The van der Waals surface area contributed by atoms with Crippen molar-refractivity contribution >= 4 is 15.9 Å². The van der Waals surface area contributed by atoms with Crippen LogP contribution in [0.25, 0.3) is 0 Å². The number of amides is 1. The SMILES string of the molecule is CN1OCC(S(=O)(=O)NCCCN2CCCC2=O)C1c1cccc(OCc2ccccc2)c1. The molecule has 1 N–H and O–H groups in total. The number of sulfonamides is 1. The van der Waals surface area contributed by atoms with Crippen LogP contribution in [-0.4, -0.2) is 62.8 Å². The molecule has 8 nitrogen and oxygen atoms in total. The fourth-order valence-corrected chi connectivity index (χ4v) is 5.89. The zero-order chi connectivity index (χ0) is 23.3. The molecule has 178 valence electrons. The number of nitrogens with one attached hydrogen (secondary N) is 1. The minimum absolute atomic E-state index is 0.0796. The number of hydroxylamine groups is 2. The summed E-state index contributed by atoms with van der Waals surface area (Å²) < 4.78 is 34.8. The molecule has 2 heterocycles. The summed E-state index contributed by atoms with van der Waals surface area (Å²) >= 11 is 0. The van der Waals surface area contributed by atoms with Gasteiger partial charge in [0.1, 0.15) is 17.6 Å². The van der Waals surface area contributed by atoms with Crippen LogP contribution in [0.3, 0.4) is 0 Å². The van der Waals surface area contributed by atoms with Gasteiger partial charge in [-0.25, -0.2) is 13.1 Å². The maximum absolute atomic E-state index is 13.1. The zero-order valence-electron chi connectivity index (χ0n) is 18.9. The highest BCUT2D eigenvalue weighted by Crippen LogP contribution is 2.34. The van der Waals surface area contributed by atoms with Crippen molar-refractivity contribution in [2.75, 3.05) is 33.3 Å². The quantitative estimate of drug-likeness (QED) is 0.534. The van der Waals surface area contributed by atoms with E-state index in [0.717, 1.165) is 24.1 Å². The van der Waals surface area contributed by atoms with Crippen molar-refractivity contribution in [3.8, 4) is 5.75 Å². The molecule has 2 atom stereocenters. The molecule has 2 aromatic rings. The second kappa shape index (κ2) is 10.6. The minimum atomic E-state index is -3.63. The number of benzene rings is 2. The highest BCUT2D eigenvalue weighted by molar-refractivity contribution is 7.90. The Morgan fingerprint density at radius 3 is 2.73 bits per heavy atom. The molecule has 0 spiro atoms. The van der Waals surface area contributed by atoms with Crippen molar-refractivity contribution in [3.63, 3.8) is 0 Å². The van der Waals surface area contributed by atoms with Crippen LogP contribution in [0.15, 0.2) is 54.6 Å². The van der Waals surface area contributed by atoms with Gasteiger partial charge in [-0.2, -0.15) is 5.06 Å². The van der Waals surface area contributed by atoms with Gasteiger partial charge in [0.15, 0.2) is 0 Å². The number of carbonyl (C=O) groups excluding carboxylic acids is 1. The van der Waals surface area contributed by atoms with E-state index in [1.165, 1.54) is 0 Å². The summed E-state index contributed by atoms with van der Waals surface area (Å²) in [4.78, 5) is 19.1. The van der Waals surface area contributed by atoms with Gasteiger partial charge in [0.05, 0.1) is 12.6 Å². The summed E-state index contributed by atoms with van der Waals surface area (Å²) in [6.07, 6.45) is 2.06. The smallest absolute Gasteiger partial charge is 0.222 e. The van der Waals surface area contributed by atoms with Crippen LogP contribution in [0.4, 0.5) is 0 Å². The van der Waals surface area contributed by atoms with Gasteiger partial charge >= 0.3 is 0 Å². The van der Waals surface area contributed by atoms with Crippen LogP contribution < -0.4 is 9.46 Å². The molecule has 0 bridgehead atoms. The van der Waals surface area contributed by atoms with Gasteiger partial charge in [-0.15, -0.1) is 0 Å². The number of ether oxygens (including phenoxy) is 1. The van der Waals surface area contributed by atoms with Crippen molar-refractivity contribution < 1.29 is 22.8 Å². The van der Waals surface area contributed by atoms with Crippen molar-refractivity contribution in [2.24, 2.45) is 0 Å². The first kappa shape index (κ1) is 23.7. The van der Waals surface area contributed by atoms with E-state index in [1.54, 1.807) is 17.0 Å². The molecule has 0 radical (unpaired) electrons. The third-order valence-electron chi connectivity index (χ3n) is 6.11. The van der Waals surface area contributed by atoms with Crippen LogP contribution in [-0.2, 0) is 26.3 Å². The zero-order valence-corrected chi connectivity index (χ0v) is 19.7. The van der Waals surface area contributed by atoms with E-state index < -0.39 is 21.3 Å². The number of nitrogens with zero attached hydrogens (tertiary/aromatic N) is 2. The molecule has 2 saturated heterocycles. The predicted octanol–water partition coefficient (Wildman–Crippen LogP) is 2.48. The van der Waals surface area contributed by atoms with E-state index >= 15 is 0 Å². The van der Waals surface area contributed by atoms with E-state index in [9.17, 15) is 13.2 Å². The average Bonchev–Trinajstić information content (AvgIpc) is 3.42. The maximum Gasteiger partial charge on any atom is 0.222 e. The topological polar surface area (TPSA) is 88.2 Å². The number of carbonyl (C=O) groups is 1. The van der Waals surface area contributed by atoms with Crippen molar-refractivity contribution in [1.29, 1.82) is 0 Å². The van der Waals surface area contributed by atoms with Crippen LogP contribution in [0, 0.1) is 0 Å². The molecule has 0 aromatic heterocycles. The normalized spacial score (nSPS) is 21.6. The molecule has 2 aromatic carbocycles. The van der Waals surface area contributed by atoms with E-state index in [2.05, 4.69) is 4.72 Å². The first-order valence-corrected chi connectivity index (χ1v) is 12.9. The summed E-state index contributed by atoms with van der Waals surface area (Å²) in [7, 11) is -1.88. The van der Waals surface area contributed by atoms with E-state index in [-0.39, 0.29) is 12.5 Å². The first-order valence-electron chi connectivity index (χ1n) is 11.3. The third kappa shape index (κ3) is 5.92. The molecule has 2 aliphatic heterocycles. The van der Waals surface area contributed by atoms with Crippen LogP contribution in [0.1, 0.15) is 36.4 Å². The molecule has 33 heavy (non-hydrogen) atoms. The maximum atomic E-state index is 13.1. The summed E-state index contributed by atoms with van der Waals surface area (Å²) in [6, 6.07) is 16.9. The van der Waals surface area contributed by atoms with Gasteiger partial charge in [-0.3, -0.25) is 9.63 Å². The molecule has 4 rings (SSSR count). The Morgan fingerprint density at radius 2 is 1.97 bits per heavy atom. The molecule has 2 fully saturated rings. The Morgan fingerprint density at radius 1 is 1.15 bits per heavy atom. The fraction of sp³-hybridized carbons (Fsp3) is 0.458. The van der Waals surface area contributed by atoms with E-state index in [4.69, 9.17) is 9.57 Å². The highest BCUT2D eigenvalue weighted by Gasteiger charge is 2.43. The molecular formula is C24H31N3O5S. The molecule has 2 aliphatic rings. The Kier molecular flexibility index (Phi) is 7.64. The van der Waals surface area contributed by atoms with Gasteiger partial charge in [-0.1, -0.05) is 42.5 Å². The molecule has 9 heteroatoms. The van der Waals surface area contributed by atoms with E-state index in [1.807, 2.05) is 54.6 Å². The van der Waals surface area contributed by atoms with Crippen LogP contribution in [0.5, 0.6) is 5.75 Å². The number of hydrogen-bond acceptors (Lipinski definition) is 6. The van der Waals surface area contributed by atoms with Gasteiger partial charge in [-0.05, 0) is 36.1 Å². The van der Waals surface area contributed by atoms with Gasteiger partial charge < -0.3 is 9.64 Å². The average molecular weight is 474 g/mol. The minimum Gasteiger partial charge on any atom is -0.489 e. The Hall–Kier alpha value is -2.46. The first-order chi connectivity index (χ1) is 15.9. The standard InChI is InChI=1S/C24H31N3O5S/c1-26-24(20-10-5-11-21(16-20)31-17-19-8-3-2-4-9-19)22(18-32-26)33(29,30)25-13-7-15-27-14-6-12-23(27)28/h2-5,8-11,16,22,24-25H,6-7,12-15,17-18H2,1H3. The summed E-state index contributed by atoms with van der Waals surface area (Å²) in [5.74, 6) is 0.828. The summed E-state index contributed by atoms with van der Waals surface area (Å²) in [5, 5.41) is 0.851. The number of hydrogen-bond donors (Lipinski definition) is 1. The lowest BCUT2D eigenvalue weighted by Gasteiger charge is -2.24. The highest BCUT2D eigenvalue weighted by atomic mass is 32.2. The lowest BCUT2D eigenvalue weighted by atomic mass is 10.0. The van der Waals surface area contributed by atoms with Gasteiger partial charge in [0.25, 0.3) is 0 Å². The van der Waals surface area contributed by atoms with Crippen molar-refractivity contribution in [1.82, 2.24) is 14.7 Å². The van der Waals surface area contributed by atoms with E-state index in [0.29, 0.717) is 38.3 Å². The van der Waals surface area contributed by atoms with Crippen molar-refractivity contribution in [3.05, 3.63) is 65.7 Å². The Bertz CT molecular complexity index is 1050. The molecule has 0 saturated carbocycles. The molecule has 2 unspecified atom stereocenters. The number of likely N-dealkylation sites (tertiary alicyclic amines) is 1. The summed E-state index contributed by atoms with van der Waals surface area (Å²) in [6.45, 7) is 2.14. The monoisotopic (exact) mass is 473 g/mol. The number of rotatable bonds is 10. The third-order valence-corrected chi connectivity index (χ3v) is 7.91. The van der Waals surface area contributed by atoms with Crippen molar-refractivity contribution in [2.45, 2.75) is 37.2 Å². The predicted molar refractivity (Wildman–Crippen MR) is 125 cm³/mol. The Labute approximate surface area is 195 Å². The van der Waals surface area contributed by atoms with Gasteiger partial charge in [0, 0.05) is 33.1 Å². The second-order valence-corrected chi connectivity index (χ2v) is 10.4. The van der Waals surface area contributed by atoms with Crippen LogP contribution >= 0.6 is 0 Å². The van der Waals surface area contributed by atoms with Crippen LogP contribution in [0.2, 0.25) is 0 Å². The lowest BCUT2D eigenvalue weighted by Crippen LogP contribution is -2.40. The summed E-state index contributed by atoms with van der Waals surface area (Å²) in [5.41, 5.74) is 1.88. The lowest BCUT2D eigenvalue weighted by molar-refractivity contribution is -0.127. The molecule has 1 amide bonds. The fourth-order valence-electron chi connectivity index (χ4n) is 4.34. The Balaban J connectivity index is 1.38.